The lowest BCUT2D eigenvalue weighted by Gasteiger charge is -2.18. The van der Waals surface area contributed by atoms with Crippen LogP contribution in [-0.4, -0.2) is 28.0 Å². The Morgan fingerprint density at radius 1 is 1.25 bits per heavy atom. The first-order valence-corrected chi connectivity index (χ1v) is 7.73. The van der Waals surface area contributed by atoms with Crippen molar-refractivity contribution in [2.75, 3.05) is 6.54 Å². The molecule has 1 heterocycles. The molecule has 0 saturated carbocycles. The summed E-state index contributed by atoms with van der Waals surface area (Å²) >= 11 is 0. The summed E-state index contributed by atoms with van der Waals surface area (Å²) in [5.74, 6) is 0.0727. The van der Waals surface area contributed by atoms with Gasteiger partial charge in [0.2, 0.25) is 0 Å². The zero-order valence-electron chi connectivity index (χ0n) is 14.0. The molecule has 5 nitrogen and oxygen atoms in total. The van der Waals surface area contributed by atoms with E-state index in [1.54, 1.807) is 18.3 Å². The van der Waals surface area contributed by atoms with Crippen LogP contribution < -0.4 is 10.1 Å². The third kappa shape index (κ3) is 5.28. The number of alkyl halides is 2. The number of ether oxygens (including phenoxy) is 1. The number of aliphatic hydroxyl groups excluding tert-OH is 1. The topological polar surface area (TPSA) is 59.3 Å². The van der Waals surface area contributed by atoms with Crippen LogP contribution in [0.2, 0.25) is 0 Å². The first-order valence-electron chi connectivity index (χ1n) is 7.73. The molecule has 0 aliphatic heterocycles. The smallest absolute Gasteiger partial charge is 0.387 e. The van der Waals surface area contributed by atoms with Gasteiger partial charge in [0, 0.05) is 24.8 Å². The largest absolute Gasteiger partial charge is 0.435 e. The van der Waals surface area contributed by atoms with Crippen molar-refractivity contribution < 1.29 is 18.6 Å². The second-order valence-corrected chi connectivity index (χ2v) is 6.56. The van der Waals surface area contributed by atoms with Gasteiger partial charge in [0.15, 0.2) is 0 Å². The van der Waals surface area contributed by atoms with E-state index in [0.717, 1.165) is 5.56 Å². The number of aliphatic hydroxyl groups is 1. The highest BCUT2D eigenvalue weighted by Gasteiger charge is 2.14. The number of hydrogen-bond acceptors (Lipinski definition) is 4. The molecule has 0 aliphatic carbocycles. The van der Waals surface area contributed by atoms with E-state index < -0.39 is 12.7 Å². The molecule has 1 aromatic carbocycles. The summed E-state index contributed by atoms with van der Waals surface area (Å²) in [5, 5.41) is 17.6. The molecule has 1 unspecified atom stereocenters. The summed E-state index contributed by atoms with van der Waals surface area (Å²) in [7, 11) is 0. The maximum atomic E-state index is 12.1. The fraction of sp³-hybridized carbons (Fsp3) is 0.471. The van der Waals surface area contributed by atoms with E-state index in [9.17, 15) is 13.9 Å². The summed E-state index contributed by atoms with van der Waals surface area (Å²) in [6.45, 7) is 4.29. The van der Waals surface area contributed by atoms with Gasteiger partial charge >= 0.3 is 6.61 Å². The highest BCUT2D eigenvalue weighted by Crippen LogP contribution is 2.19. The quantitative estimate of drug-likeness (QED) is 0.814. The van der Waals surface area contributed by atoms with Crippen LogP contribution in [0.4, 0.5) is 8.78 Å². The van der Waals surface area contributed by atoms with Crippen LogP contribution in [0.5, 0.6) is 5.75 Å². The summed E-state index contributed by atoms with van der Waals surface area (Å²) in [6.07, 6.45) is 3.03. The van der Waals surface area contributed by atoms with Crippen molar-refractivity contribution in [2.45, 2.75) is 45.6 Å². The van der Waals surface area contributed by atoms with Gasteiger partial charge in [0.1, 0.15) is 5.75 Å². The van der Waals surface area contributed by atoms with E-state index in [1.165, 1.54) is 12.1 Å². The molecule has 0 bridgehead atoms. The average molecular weight is 339 g/mol. The van der Waals surface area contributed by atoms with Gasteiger partial charge in [-0.15, -0.1) is 0 Å². The predicted molar refractivity (Wildman–Crippen MR) is 87.0 cm³/mol. The number of rotatable bonds is 7. The predicted octanol–water partition coefficient (Wildman–Crippen LogP) is 3.06. The molecule has 7 heteroatoms. The number of halogens is 2. The molecule has 132 valence electrons. The summed E-state index contributed by atoms with van der Waals surface area (Å²) < 4.78 is 30.4. The first kappa shape index (κ1) is 18.4. The molecule has 0 aliphatic rings. The number of benzene rings is 1. The highest BCUT2D eigenvalue weighted by molar-refractivity contribution is 5.28. The number of aromatic nitrogens is 2. The minimum absolute atomic E-state index is 0.0696. The number of nitrogens with one attached hydrogen (secondary N) is 1. The van der Waals surface area contributed by atoms with E-state index in [4.69, 9.17) is 0 Å². The van der Waals surface area contributed by atoms with Crippen LogP contribution in [0, 0.1) is 0 Å². The molecular formula is C17H23F2N3O2. The number of nitrogens with zero attached hydrogens (tertiary/aromatic N) is 2. The normalized spacial score (nSPS) is 13.3. The van der Waals surface area contributed by atoms with E-state index in [0.29, 0.717) is 18.7 Å². The van der Waals surface area contributed by atoms with E-state index in [1.807, 2.05) is 10.9 Å². The Bertz CT molecular complexity index is 636. The highest BCUT2D eigenvalue weighted by atomic mass is 19.3. The average Bonchev–Trinajstić information content (AvgIpc) is 2.96. The van der Waals surface area contributed by atoms with Crippen LogP contribution in [0.1, 0.15) is 38.0 Å². The Hall–Kier alpha value is -1.99. The van der Waals surface area contributed by atoms with Crippen molar-refractivity contribution in [2.24, 2.45) is 0 Å². The molecule has 2 rings (SSSR count). The fourth-order valence-electron chi connectivity index (χ4n) is 2.16. The van der Waals surface area contributed by atoms with Gasteiger partial charge in [0.05, 0.1) is 17.8 Å². The van der Waals surface area contributed by atoms with Gasteiger partial charge in [-0.2, -0.15) is 13.9 Å². The molecule has 0 fully saturated rings. The van der Waals surface area contributed by atoms with Crippen LogP contribution in [-0.2, 0) is 12.1 Å². The molecule has 2 N–H and O–H groups in total. The van der Waals surface area contributed by atoms with Crippen LogP contribution in [0.25, 0.3) is 0 Å². The van der Waals surface area contributed by atoms with E-state index in [2.05, 4.69) is 35.9 Å². The first-order chi connectivity index (χ1) is 11.3. The van der Waals surface area contributed by atoms with Crippen molar-refractivity contribution in [3.05, 3.63) is 47.8 Å². The monoisotopic (exact) mass is 339 g/mol. The van der Waals surface area contributed by atoms with Crippen LogP contribution >= 0.6 is 0 Å². The lowest BCUT2D eigenvalue weighted by atomic mass is 10.1. The Labute approximate surface area is 140 Å². The van der Waals surface area contributed by atoms with Crippen molar-refractivity contribution in [1.29, 1.82) is 0 Å². The second kappa shape index (κ2) is 7.72. The summed E-state index contributed by atoms with van der Waals surface area (Å²) in [6, 6.07) is 5.97. The molecule has 1 atom stereocenters. The van der Waals surface area contributed by atoms with Gasteiger partial charge in [-0.1, -0.05) is 12.1 Å². The lowest BCUT2D eigenvalue weighted by molar-refractivity contribution is -0.0498. The standard InChI is InChI=1S/C17H23F2N3O2/c1-17(2,3)22-11-12(9-21-22)8-20-10-15(23)13-4-6-14(7-5-13)24-16(18)19/h4-7,9,11,15-16,20,23H,8,10H2,1-3H3. The molecule has 2 aromatic rings. The summed E-state index contributed by atoms with van der Waals surface area (Å²) in [5.41, 5.74) is 1.59. The molecule has 0 saturated heterocycles. The SMILES string of the molecule is CC(C)(C)n1cc(CNCC(O)c2ccc(OC(F)F)cc2)cn1. The minimum atomic E-state index is -2.85. The van der Waals surface area contributed by atoms with Gasteiger partial charge < -0.3 is 15.2 Å². The van der Waals surface area contributed by atoms with E-state index >= 15 is 0 Å². The van der Waals surface area contributed by atoms with Crippen LogP contribution in [0.3, 0.4) is 0 Å². The Kier molecular flexibility index (Phi) is 5.90. The van der Waals surface area contributed by atoms with Crippen molar-refractivity contribution >= 4 is 0 Å². The molecule has 24 heavy (non-hydrogen) atoms. The molecular weight excluding hydrogens is 316 g/mol. The van der Waals surface area contributed by atoms with Crippen molar-refractivity contribution in [3.8, 4) is 5.75 Å². The maximum Gasteiger partial charge on any atom is 0.387 e. The summed E-state index contributed by atoms with van der Waals surface area (Å²) in [4.78, 5) is 0. The number of hydrogen-bond donors (Lipinski definition) is 2. The van der Waals surface area contributed by atoms with E-state index in [-0.39, 0.29) is 11.3 Å². The molecule has 0 spiro atoms. The molecule has 1 aromatic heterocycles. The zero-order valence-corrected chi connectivity index (χ0v) is 14.0. The second-order valence-electron chi connectivity index (χ2n) is 6.56. The molecule has 0 amide bonds. The van der Waals surface area contributed by atoms with Crippen LogP contribution in [0.15, 0.2) is 36.7 Å². The maximum absolute atomic E-state index is 12.1. The van der Waals surface area contributed by atoms with Gasteiger partial charge in [0.25, 0.3) is 0 Å². The lowest BCUT2D eigenvalue weighted by Crippen LogP contribution is -2.22. The van der Waals surface area contributed by atoms with Crippen molar-refractivity contribution in [3.63, 3.8) is 0 Å². The zero-order chi connectivity index (χ0) is 17.7. The van der Waals surface area contributed by atoms with Crippen molar-refractivity contribution in [1.82, 2.24) is 15.1 Å². The Morgan fingerprint density at radius 2 is 1.92 bits per heavy atom. The Balaban J connectivity index is 1.82. The third-order valence-corrected chi connectivity index (χ3v) is 3.48. The van der Waals surface area contributed by atoms with Gasteiger partial charge in [-0.25, -0.2) is 0 Å². The van der Waals surface area contributed by atoms with Gasteiger partial charge in [-0.3, -0.25) is 4.68 Å². The fourth-order valence-corrected chi connectivity index (χ4v) is 2.16. The molecule has 0 radical (unpaired) electrons. The van der Waals surface area contributed by atoms with Gasteiger partial charge in [-0.05, 0) is 38.5 Å². The third-order valence-electron chi connectivity index (χ3n) is 3.48. The minimum Gasteiger partial charge on any atom is -0.435 e. The Morgan fingerprint density at radius 3 is 2.46 bits per heavy atom.